The Morgan fingerprint density at radius 2 is 1.89 bits per heavy atom. The minimum atomic E-state index is -4.17. The zero-order chi connectivity index (χ0) is 21.0. The Morgan fingerprint density at radius 1 is 1.21 bits per heavy atom. The summed E-state index contributed by atoms with van der Waals surface area (Å²) in [5.41, 5.74) is 0. The highest BCUT2D eigenvalue weighted by Gasteiger charge is 2.28. The van der Waals surface area contributed by atoms with Gasteiger partial charge in [-0.3, -0.25) is 4.90 Å². The molecule has 0 spiro atoms. The molecule has 0 fully saturated rings. The molecule has 0 amide bonds. The molecular formula is C19H31F3N4O2. The van der Waals surface area contributed by atoms with Gasteiger partial charge in [-0.2, -0.15) is 13.2 Å². The molecule has 1 aromatic rings. The molecule has 1 rings (SSSR count). The van der Waals surface area contributed by atoms with Crippen molar-refractivity contribution in [3.05, 3.63) is 24.3 Å². The Kier molecular flexibility index (Phi) is 10.5. The molecule has 0 radical (unpaired) electrons. The van der Waals surface area contributed by atoms with Gasteiger partial charge in [0.1, 0.15) is 6.10 Å². The number of halogens is 3. The molecule has 0 saturated heterocycles. The number of rotatable bonds is 11. The number of hydrogen-bond acceptors (Lipinski definition) is 4. The van der Waals surface area contributed by atoms with Gasteiger partial charge in [0.25, 0.3) is 0 Å². The van der Waals surface area contributed by atoms with Gasteiger partial charge in [0, 0.05) is 13.1 Å². The fourth-order valence-corrected chi connectivity index (χ4v) is 2.47. The third-order valence-corrected chi connectivity index (χ3v) is 3.71. The molecule has 1 aromatic carbocycles. The number of alkyl halides is 3. The predicted molar refractivity (Wildman–Crippen MR) is 105 cm³/mol. The molecule has 0 aliphatic heterocycles. The van der Waals surface area contributed by atoms with Gasteiger partial charge in [-0.15, -0.1) is 0 Å². The first-order valence-electron chi connectivity index (χ1n) is 9.32. The number of guanidine groups is 1. The van der Waals surface area contributed by atoms with Crippen molar-refractivity contribution in [1.82, 2.24) is 15.5 Å². The van der Waals surface area contributed by atoms with Gasteiger partial charge in [0.2, 0.25) is 0 Å². The van der Waals surface area contributed by atoms with Crippen molar-refractivity contribution < 1.29 is 22.6 Å². The lowest BCUT2D eigenvalue weighted by Crippen LogP contribution is -2.40. The molecule has 1 unspecified atom stereocenters. The molecule has 0 aliphatic rings. The van der Waals surface area contributed by atoms with Crippen molar-refractivity contribution in [2.24, 2.45) is 4.99 Å². The number of benzene rings is 1. The summed E-state index contributed by atoms with van der Waals surface area (Å²) in [5.74, 6) is 1.92. The molecule has 0 bridgehead atoms. The van der Waals surface area contributed by atoms with Crippen LogP contribution in [0.5, 0.6) is 11.5 Å². The van der Waals surface area contributed by atoms with E-state index in [1.807, 2.05) is 38.1 Å². The molecule has 0 heterocycles. The highest BCUT2D eigenvalue weighted by atomic mass is 19.4. The van der Waals surface area contributed by atoms with E-state index in [2.05, 4.69) is 15.6 Å². The minimum Gasteiger partial charge on any atom is -0.493 e. The maximum Gasteiger partial charge on any atom is 0.401 e. The van der Waals surface area contributed by atoms with Crippen LogP contribution < -0.4 is 20.1 Å². The molecule has 1 atom stereocenters. The van der Waals surface area contributed by atoms with E-state index in [9.17, 15) is 13.2 Å². The van der Waals surface area contributed by atoms with Crippen molar-refractivity contribution in [1.29, 1.82) is 0 Å². The smallest absolute Gasteiger partial charge is 0.401 e. The monoisotopic (exact) mass is 404 g/mol. The molecule has 0 aromatic heterocycles. The van der Waals surface area contributed by atoms with Crippen molar-refractivity contribution in [3.8, 4) is 11.5 Å². The summed E-state index contributed by atoms with van der Waals surface area (Å²) >= 11 is 0. The number of methoxy groups -OCH3 is 1. The zero-order valence-electron chi connectivity index (χ0n) is 17.0. The third-order valence-electron chi connectivity index (χ3n) is 3.71. The van der Waals surface area contributed by atoms with Crippen LogP contribution in [0.4, 0.5) is 13.2 Å². The number of para-hydroxylation sites is 2. The number of nitrogens with one attached hydrogen (secondary N) is 2. The lowest BCUT2D eigenvalue weighted by atomic mass is 10.3. The summed E-state index contributed by atoms with van der Waals surface area (Å²) in [4.78, 5) is 5.73. The molecule has 9 heteroatoms. The Labute approximate surface area is 165 Å². The first-order valence-corrected chi connectivity index (χ1v) is 9.32. The molecule has 2 N–H and O–H groups in total. The van der Waals surface area contributed by atoms with Crippen LogP contribution in [0.2, 0.25) is 0 Å². The van der Waals surface area contributed by atoms with Gasteiger partial charge in [0.15, 0.2) is 17.5 Å². The van der Waals surface area contributed by atoms with E-state index >= 15 is 0 Å². The van der Waals surface area contributed by atoms with E-state index < -0.39 is 12.7 Å². The van der Waals surface area contributed by atoms with E-state index in [1.165, 1.54) is 11.9 Å². The van der Waals surface area contributed by atoms with Gasteiger partial charge >= 0.3 is 6.18 Å². The van der Waals surface area contributed by atoms with E-state index in [4.69, 9.17) is 9.47 Å². The van der Waals surface area contributed by atoms with Gasteiger partial charge in [-0.25, -0.2) is 4.99 Å². The summed E-state index contributed by atoms with van der Waals surface area (Å²) < 4.78 is 48.1. The second-order valence-corrected chi connectivity index (χ2v) is 6.43. The van der Waals surface area contributed by atoms with Crippen LogP contribution in [0.3, 0.4) is 0 Å². The largest absolute Gasteiger partial charge is 0.493 e. The van der Waals surface area contributed by atoms with Crippen LogP contribution in [0.25, 0.3) is 0 Å². The number of ether oxygens (including phenoxy) is 2. The van der Waals surface area contributed by atoms with Crippen LogP contribution in [-0.4, -0.2) is 70.0 Å². The number of nitrogens with zero attached hydrogens (tertiary/aromatic N) is 2. The highest BCUT2D eigenvalue weighted by molar-refractivity contribution is 5.79. The minimum absolute atomic E-state index is 0.176. The van der Waals surface area contributed by atoms with Crippen LogP contribution in [0.1, 0.15) is 20.3 Å². The quantitative estimate of drug-likeness (QED) is 0.337. The van der Waals surface area contributed by atoms with Crippen molar-refractivity contribution >= 4 is 5.96 Å². The molecular weight excluding hydrogens is 373 g/mol. The average Bonchev–Trinajstić information content (AvgIpc) is 2.62. The standard InChI is InChI=1S/C19H31F3N4O2/c1-5-23-18(24-11-8-12-26(3)14-19(20,21)22)25-13-15(2)28-17-10-7-6-9-16(17)27-4/h6-7,9-10,15H,5,8,11-14H2,1-4H3,(H2,23,24,25). The molecule has 6 nitrogen and oxygen atoms in total. The van der Waals surface area contributed by atoms with Gasteiger partial charge in [-0.1, -0.05) is 12.1 Å². The first kappa shape index (κ1) is 23.9. The maximum absolute atomic E-state index is 12.3. The van der Waals surface area contributed by atoms with E-state index in [-0.39, 0.29) is 6.10 Å². The lowest BCUT2D eigenvalue weighted by Gasteiger charge is -2.19. The Morgan fingerprint density at radius 3 is 2.50 bits per heavy atom. The molecule has 28 heavy (non-hydrogen) atoms. The van der Waals surface area contributed by atoms with E-state index in [0.717, 1.165) is 0 Å². The van der Waals surface area contributed by atoms with Crippen LogP contribution in [-0.2, 0) is 0 Å². The molecule has 0 aliphatic carbocycles. The van der Waals surface area contributed by atoms with Crippen molar-refractivity contribution in [2.75, 3.05) is 46.9 Å². The summed E-state index contributed by atoms with van der Waals surface area (Å²) in [5, 5.41) is 6.25. The second kappa shape index (κ2) is 12.3. The van der Waals surface area contributed by atoms with Crippen molar-refractivity contribution in [3.63, 3.8) is 0 Å². The van der Waals surface area contributed by atoms with Crippen LogP contribution in [0.15, 0.2) is 29.3 Å². The fraction of sp³-hybridized carbons (Fsp3) is 0.632. The van der Waals surface area contributed by atoms with E-state index in [0.29, 0.717) is 50.1 Å². The SMILES string of the molecule is CCNC(=NCC(C)Oc1ccccc1OC)NCCCN(C)CC(F)(F)F. The number of hydrogen-bond donors (Lipinski definition) is 2. The normalized spacial score (nSPS) is 13.4. The van der Waals surface area contributed by atoms with Crippen LogP contribution in [0, 0.1) is 0 Å². The summed E-state index contributed by atoms with van der Waals surface area (Å²) in [6, 6.07) is 7.40. The molecule has 160 valence electrons. The van der Waals surface area contributed by atoms with Gasteiger partial charge in [0.05, 0.1) is 20.2 Å². The fourth-order valence-electron chi connectivity index (χ4n) is 2.47. The first-order chi connectivity index (χ1) is 13.2. The summed E-state index contributed by atoms with van der Waals surface area (Å²) in [6.07, 6.45) is -3.77. The third kappa shape index (κ3) is 10.2. The van der Waals surface area contributed by atoms with Gasteiger partial charge in [-0.05, 0) is 46.0 Å². The Balaban J connectivity index is 2.44. The lowest BCUT2D eigenvalue weighted by molar-refractivity contribution is -0.143. The van der Waals surface area contributed by atoms with Crippen LogP contribution >= 0.6 is 0 Å². The summed E-state index contributed by atoms with van der Waals surface area (Å²) in [7, 11) is 3.05. The topological polar surface area (TPSA) is 58.1 Å². The zero-order valence-corrected chi connectivity index (χ0v) is 17.0. The van der Waals surface area contributed by atoms with Gasteiger partial charge < -0.3 is 20.1 Å². The average molecular weight is 404 g/mol. The Bertz CT molecular complexity index is 597. The summed E-state index contributed by atoms with van der Waals surface area (Å²) in [6.45, 7) is 4.92. The Hall–Kier alpha value is -2.16. The number of aliphatic imine (C=N–C) groups is 1. The van der Waals surface area contributed by atoms with E-state index in [1.54, 1.807) is 7.11 Å². The van der Waals surface area contributed by atoms with Crippen molar-refractivity contribution in [2.45, 2.75) is 32.5 Å². The molecule has 0 saturated carbocycles. The maximum atomic E-state index is 12.3. The second-order valence-electron chi connectivity index (χ2n) is 6.43. The predicted octanol–water partition coefficient (Wildman–Crippen LogP) is 2.90. The highest BCUT2D eigenvalue weighted by Crippen LogP contribution is 2.26.